The van der Waals surface area contributed by atoms with Gasteiger partial charge in [0.1, 0.15) is 12.4 Å². The second-order valence-electron chi connectivity index (χ2n) is 6.74. The minimum atomic E-state index is 0. The van der Waals surface area contributed by atoms with Crippen molar-refractivity contribution in [3.8, 4) is 5.75 Å². The molecule has 144 valence electrons. The summed E-state index contributed by atoms with van der Waals surface area (Å²) in [6.07, 6.45) is 2.58. The van der Waals surface area contributed by atoms with Gasteiger partial charge in [0.25, 0.3) is 0 Å². The number of piperidine rings is 1. The zero-order chi connectivity index (χ0) is 16.6. The molecular formula is C21H30Cl2N2O. The molecule has 0 spiro atoms. The minimum Gasteiger partial charge on any atom is -0.489 e. The molecule has 0 aromatic heterocycles. The second-order valence-corrected chi connectivity index (χ2v) is 6.74. The van der Waals surface area contributed by atoms with Gasteiger partial charge in [-0.3, -0.25) is 0 Å². The molecule has 0 amide bonds. The first-order valence-corrected chi connectivity index (χ1v) is 8.98. The van der Waals surface area contributed by atoms with Crippen molar-refractivity contribution < 1.29 is 4.74 Å². The number of benzene rings is 2. The van der Waals surface area contributed by atoms with Crippen LogP contribution in [0.1, 0.15) is 29.5 Å². The largest absolute Gasteiger partial charge is 0.489 e. The highest BCUT2D eigenvalue weighted by Crippen LogP contribution is 2.15. The average molecular weight is 397 g/mol. The van der Waals surface area contributed by atoms with E-state index in [-0.39, 0.29) is 24.8 Å². The molecule has 2 N–H and O–H groups in total. The van der Waals surface area contributed by atoms with Gasteiger partial charge in [-0.1, -0.05) is 42.0 Å². The molecule has 2 aromatic carbocycles. The summed E-state index contributed by atoms with van der Waals surface area (Å²) >= 11 is 0. The third-order valence-electron chi connectivity index (χ3n) is 4.67. The van der Waals surface area contributed by atoms with E-state index in [1.807, 2.05) is 0 Å². The molecule has 1 aliphatic heterocycles. The van der Waals surface area contributed by atoms with Crippen LogP contribution in [0.25, 0.3) is 0 Å². The van der Waals surface area contributed by atoms with E-state index in [4.69, 9.17) is 4.74 Å². The maximum Gasteiger partial charge on any atom is 0.119 e. The van der Waals surface area contributed by atoms with Crippen molar-refractivity contribution in [3.63, 3.8) is 0 Å². The predicted octanol–water partition coefficient (Wildman–Crippen LogP) is 4.51. The van der Waals surface area contributed by atoms with E-state index in [9.17, 15) is 0 Å². The van der Waals surface area contributed by atoms with Crippen LogP contribution in [0.2, 0.25) is 0 Å². The minimum absolute atomic E-state index is 0. The van der Waals surface area contributed by atoms with Crippen LogP contribution in [0.15, 0.2) is 48.5 Å². The van der Waals surface area contributed by atoms with Gasteiger partial charge in [-0.2, -0.15) is 0 Å². The quantitative estimate of drug-likeness (QED) is 0.722. The SMILES string of the molecule is Cc1ccc(COc2ccc(CNCC3CCNCC3)cc2)cc1.Cl.Cl. The first kappa shape index (κ1) is 22.8. The fourth-order valence-corrected chi connectivity index (χ4v) is 3.06. The first-order chi connectivity index (χ1) is 11.8. The average Bonchev–Trinajstić information content (AvgIpc) is 2.63. The highest BCUT2D eigenvalue weighted by molar-refractivity contribution is 5.85. The molecule has 1 heterocycles. The monoisotopic (exact) mass is 396 g/mol. The molecule has 3 rings (SSSR count). The van der Waals surface area contributed by atoms with E-state index in [1.165, 1.54) is 42.6 Å². The molecule has 0 atom stereocenters. The van der Waals surface area contributed by atoms with Gasteiger partial charge in [0.05, 0.1) is 0 Å². The Labute approximate surface area is 169 Å². The van der Waals surface area contributed by atoms with Crippen molar-refractivity contribution in [2.24, 2.45) is 5.92 Å². The Morgan fingerprint density at radius 2 is 1.54 bits per heavy atom. The maximum atomic E-state index is 5.86. The van der Waals surface area contributed by atoms with Gasteiger partial charge in [-0.15, -0.1) is 24.8 Å². The number of aryl methyl sites for hydroxylation is 1. The Morgan fingerprint density at radius 3 is 2.19 bits per heavy atom. The molecule has 2 aromatic rings. The lowest BCUT2D eigenvalue weighted by Crippen LogP contribution is -2.33. The van der Waals surface area contributed by atoms with Crippen LogP contribution >= 0.6 is 24.8 Å². The molecule has 1 fully saturated rings. The fraction of sp³-hybridized carbons (Fsp3) is 0.429. The van der Waals surface area contributed by atoms with E-state index in [1.54, 1.807) is 0 Å². The zero-order valence-electron chi connectivity index (χ0n) is 15.4. The number of ether oxygens (including phenoxy) is 1. The molecule has 0 saturated carbocycles. The van der Waals surface area contributed by atoms with Crippen molar-refractivity contribution >= 4 is 24.8 Å². The number of hydrogen-bond donors (Lipinski definition) is 2. The lowest BCUT2D eigenvalue weighted by atomic mass is 9.98. The summed E-state index contributed by atoms with van der Waals surface area (Å²) in [4.78, 5) is 0. The number of halogens is 2. The van der Waals surface area contributed by atoms with Crippen LogP contribution in [-0.4, -0.2) is 19.6 Å². The van der Waals surface area contributed by atoms with Gasteiger partial charge >= 0.3 is 0 Å². The van der Waals surface area contributed by atoms with E-state index in [2.05, 4.69) is 66.1 Å². The normalized spacial score (nSPS) is 14.2. The van der Waals surface area contributed by atoms with Crippen molar-refractivity contribution in [2.45, 2.75) is 32.9 Å². The zero-order valence-corrected chi connectivity index (χ0v) is 17.0. The van der Waals surface area contributed by atoms with Crippen LogP contribution in [0.3, 0.4) is 0 Å². The Bertz CT molecular complexity index is 611. The number of nitrogens with one attached hydrogen (secondary N) is 2. The summed E-state index contributed by atoms with van der Waals surface area (Å²) in [7, 11) is 0. The van der Waals surface area contributed by atoms with Gasteiger partial charge in [0.2, 0.25) is 0 Å². The number of hydrogen-bond acceptors (Lipinski definition) is 3. The third-order valence-corrected chi connectivity index (χ3v) is 4.67. The molecular weight excluding hydrogens is 367 g/mol. The van der Waals surface area contributed by atoms with Gasteiger partial charge in [-0.25, -0.2) is 0 Å². The first-order valence-electron chi connectivity index (χ1n) is 8.98. The van der Waals surface area contributed by atoms with Crippen LogP contribution in [0.5, 0.6) is 5.75 Å². The van der Waals surface area contributed by atoms with Crippen LogP contribution in [0, 0.1) is 12.8 Å². The maximum absolute atomic E-state index is 5.86. The van der Waals surface area contributed by atoms with E-state index >= 15 is 0 Å². The molecule has 0 unspecified atom stereocenters. The van der Waals surface area contributed by atoms with Gasteiger partial charge in [0, 0.05) is 6.54 Å². The van der Waals surface area contributed by atoms with E-state index in [0.717, 1.165) is 24.8 Å². The smallest absolute Gasteiger partial charge is 0.119 e. The van der Waals surface area contributed by atoms with Crippen LogP contribution < -0.4 is 15.4 Å². The predicted molar refractivity (Wildman–Crippen MR) is 114 cm³/mol. The van der Waals surface area contributed by atoms with Gasteiger partial charge < -0.3 is 15.4 Å². The molecule has 0 aliphatic carbocycles. The van der Waals surface area contributed by atoms with Crippen molar-refractivity contribution in [3.05, 3.63) is 65.2 Å². The lowest BCUT2D eigenvalue weighted by molar-refractivity contribution is 0.306. The van der Waals surface area contributed by atoms with Crippen molar-refractivity contribution in [1.29, 1.82) is 0 Å². The molecule has 5 heteroatoms. The molecule has 3 nitrogen and oxygen atoms in total. The van der Waals surface area contributed by atoms with Gasteiger partial charge in [-0.05, 0) is 68.6 Å². The summed E-state index contributed by atoms with van der Waals surface area (Å²) in [5.41, 5.74) is 3.79. The van der Waals surface area contributed by atoms with Gasteiger partial charge in [0.15, 0.2) is 0 Å². The highest BCUT2D eigenvalue weighted by Gasteiger charge is 2.11. The summed E-state index contributed by atoms with van der Waals surface area (Å²) in [5.74, 6) is 1.75. The summed E-state index contributed by atoms with van der Waals surface area (Å²) in [5, 5.41) is 7.00. The summed E-state index contributed by atoms with van der Waals surface area (Å²) in [6, 6.07) is 16.9. The van der Waals surface area contributed by atoms with Crippen molar-refractivity contribution in [2.75, 3.05) is 19.6 Å². The summed E-state index contributed by atoms with van der Waals surface area (Å²) < 4.78 is 5.86. The molecule has 1 aliphatic rings. The molecule has 26 heavy (non-hydrogen) atoms. The lowest BCUT2D eigenvalue weighted by Gasteiger charge is -2.22. The second kappa shape index (κ2) is 12.2. The molecule has 1 saturated heterocycles. The van der Waals surface area contributed by atoms with E-state index < -0.39 is 0 Å². The Balaban J connectivity index is 0.00000169. The van der Waals surface area contributed by atoms with Crippen LogP contribution in [-0.2, 0) is 13.2 Å². The van der Waals surface area contributed by atoms with Crippen molar-refractivity contribution in [1.82, 2.24) is 10.6 Å². The highest BCUT2D eigenvalue weighted by atomic mass is 35.5. The topological polar surface area (TPSA) is 33.3 Å². The fourth-order valence-electron chi connectivity index (χ4n) is 3.06. The Morgan fingerprint density at radius 1 is 0.923 bits per heavy atom. The molecule has 0 radical (unpaired) electrons. The standard InChI is InChI=1S/C21H28N2O.2ClH/c1-17-2-4-20(5-3-17)16-24-21-8-6-18(7-9-21)14-23-15-19-10-12-22-13-11-19;;/h2-9,19,22-23H,10-16H2,1H3;2*1H. The summed E-state index contributed by atoms with van der Waals surface area (Å²) in [6.45, 7) is 7.10. The Hall–Kier alpha value is -1.26. The molecule has 0 bridgehead atoms. The van der Waals surface area contributed by atoms with Crippen LogP contribution in [0.4, 0.5) is 0 Å². The van der Waals surface area contributed by atoms with E-state index in [0.29, 0.717) is 6.61 Å². The Kier molecular flexibility index (Phi) is 10.7. The number of rotatable bonds is 7. The third kappa shape index (κ3) is 7.55.